The minimum absolute atomic E-state index is 0.178. The van der Waals surface area contributed by atoms with Crippen LogP contribution in [0.5, 0.6) is 0 Å². The average molecular weight is 339 g/mol. The van der Waals surface area contributed by atoms with Crippen LogP contribution in [-0.2, 0) is 4.79 Å². The minimum Gasteiger partial charge on any atom is -0.354 e. The summed E-state index contributed by atoms with van der Waals surface area (Å²) < 4.78 is 0. The number of nitriles is 1. The normalized spacial score (nSPS) is 23.9. The molecule has 0 unspecified atom stereocenters. The summed E-state index contributed by atoms with van der Waals surface area (Å²) in [4.78, 5) is 25.9. The Kier molecular flexibility index (Phi) is 4.32. The van der Waals surface area contributed by atoms with Gasteiger partial charge >= 0.3 is 0 Å². The molecule has 0 bridgehead atoms. The lowest BCUT2D eigenvalue weighted by Crippen LogP contribution is -2.47. The smallest absolute Gasteiger partial charge is 0.229 e. The molecule has 132 valence electrons. The molecule has 0 aromatic carbocycles. The van der Waals surface area contributed by atoms with E-state index in [0.717, 1.165) is 38.9 Å². The second-order valence-corrected chi connectivity index (χ2v) is 7.65. The van der Waals surface area contributed by atoms with Gasteiger partial charge in [-0.2, -0.15) is 5.26 Å². The third-order valence-electron chi connectivity index (χ3n) is 6.37. The minimum atomic E-state index is -0.178. The number of anilines is 1. The molecule has 0 atom stereocenters. The number of aromatic nitrogens is 2. The first-order valence-electron chi connectivity index (χ1n) is 9.51. The van der Waals surface area contributed by atoms with Crippen molar-refractivity contribution in [1.29, 1.82) is 5.26 Å². The summed E-state index contributed by atoms with van der Waals surface area (Å²) in [6, 6.07) is 2.60. The lowest BCUT2D eigenvalue weighted by molar-refractivity contribution is -0.139. The highest BCUT2D eigenvalue weighted by atomic mass is 16.2. The Morgan fingerprint density at radius 1 is 1.04 bits per heavy atom. The van der Waals surface area contributed by atoms with Crippen molar-refractivity contribution in [1.82, 2.24) is 14.9 Å². The molecule has 1 aliphatic carbocycles. The Bertz CT molecular complexity index is 683. The quantitative estimate of drug-likeness (QED) is 0.828. The van der Waals surface area contributed by atoms with E-state index in [-0.39, 0.29) is 5.41 Å². The van der Waals surface area contributed by atoms with E-state index in [1.807, 2.05) is 0 Å². The Balaban J connectivity index is 1.44. The standard InChI is InChI=1S/C19H25N5O/c20-14-16-17(22-10-9-21-16)23-11-6-19(7-12-23)8-13-24(18(19)25)15-4-2-1-3-5-15/h9-10,15H,1-8,11-13H2. The molecule has 2 aliphatic heterocycles. The molecule has 1 aromatic rings. The number of likely N-dealkylation sites (tertiary alicyclic amines) is 1. The van der Waals surface area contributed by atoms with E-state index < -0.39 is 0 Å². The number of rotatable bonds is 2. The van der Waals surface area contributed by atoms with E-state index in [0.29, 0.717) is 23.5 Å². The fraction of sp³-hybridized carbons (Fsp3) is 0.684. The fourth-order valence-corrected chi connectivity index (χ4v) is 4.84. The molecule has 1 aromatic heterocycles. The Labute approximate surface area is 148 Å². The van der Waals surface area contributed by atoms with Gasteiger partial charge in [0.2, 0.25) is 5.91 Å². The molecule has 4 rings (SSSR count). The molecule has 1 spiro atoms. The van der Waals surface area contributed by atoms with E-state index in [4.69, 9.17) is 0 Å². The number of hydrogen-bond donors (Lipinski definition) is 0. The molecule has 1 amide bonds. The number of hydrogen-bond acceptors (Lipinski definition) is 5. The molecule has 3 heterocycles. The zero-order valence-corrected chi connectivity index (χ0v) is 14.7. The third-order valence-corrected chi connectivity index (χ3v) is 6.37. The predicted octanol–water partition coefficient (Wildman–Crippen LogP) is 2.50. The van der Waals surface area contributed by atoms with Crippen LogP contribution in [0.2, 0.25) is 0 Å². The van der Waals surface area contributed by atoms with Gasteiger partial charge in [-0.25, -0.2) is 9.97 Å². The van der Waals surface area contributed by atoms with Gasteiger partial charge in [0.15, 0.2) is 11.5 Å². The summed E-state index contributed by atoms with van der Waals surface area (Å²) >= 11 is 0. The first-order valence-corrected chi connectivity index (χ1v) is 9.51. The van der Waals surface area contributed by atoms with Gasteiger partial charge in [0.05, 0.1) is 5.41 Å². The van der Waals surface area contributed by atoms with E-state index >= 15 is 0 Å². The van der Waals surface area contributed by atoms with Crippen molar-refractivity contribution in [3.63, 3.8) is 0 Å². The lowest BCUT2D eigenvalue weighted by Gasteiger charge is -2.39. The Morgan fingerprint density at radius 3 is 2.44 bits per heavy atom. The van der Waals surface area contributed by atoms with Gasteiger partial charge in [0.25, 0.3) is 0 Å². The zero-order chi connectivity index (χ0) is 17.3. The molecule has 25 heavy (non-hydrogen) atoms. The number of nitrogens with zero attached hydrogens (tertiary/aromatic N) is 5. The molecule has 0 N–H and O–H groups in total. The SMILES string of the molecule is N#Cc1nccnc1N1CCC2(CC1)CCN(C1CCCCC1)C2=O. The average Bonchev–Trinajstić information content (AvgIpc) is 2.99. The van der Waals surface area contributed by atoms with Crippen LogP contribution >= 0.6 is 0 Å². The highest BCUT2D eigenvalue weighted by Gasteiger charge is 2.49. The first kappa shape index (κ1) is 16.3. The zero-order valence-electron chi connectivity index (χ0n) is 14.7. The van der Waals surface area contributed by atoms with Crippen molar-refractivity contribution < 1.29 is 4.79 Å². The first-order chi connectivity index (χ1) is 12.2. The lowest BCUT2D eigenvalue weighted by atomic mass is 9.77. The predicted molar refractivity (Wildman–Crippen MR) is 93.8 cm³/mol. The maximum absolute atomic E-state index is 13.2. The van der Waals surface area contributed by atoms with Gasteiger partial charge in [-0.15, -0.1) is 0 Å². The van der Waals surface area contributed by atoms with Crippen LogP contribution in [-0.4, -0.2) is 46.5 Å². The summed E-state index contributed by atoms with van der Waals surface area (Å²) in [5, 5.41) is 9.24. The molecule has 6 nitrogen and oxygen atoms in total. The van der Waals surface area contributed by atoms with Crippen LogP contribution in [0, 0.1) is 16.7 Å². The van der Waals surface area contributed by atoms with Gasteiger partial charge in [-0.1, -0.05) is 19.3 Å². The van der Waals surface area contributed by atoms with Crippen molar-refractivity contribution in [3.8, 4) is 6.07 Å². The van der Waals surface area contributed by atoms with Crippen LogP contribution in [0.25, 0.3) is 0 Å². The maximum Gasteiger partial charge on any atom is 0.229 e. The molecular weight excluding hydrogens is 314 g/mol. The molecule has 2 saturated heterocycles. The molecule has 0 radical (unpaired) electrons. The highest BCUT2D eigenvalue weighted by molar-refractivity contribution is 5.85. The van der Waals surface area contributed by atoms with Gasteiger partial charge in [-0.3, -0.25) is 4.79 Å². The Morgan fingerprint density at radius 2 is 1.72 bits per heavy atom. The van der Waals surface area contributed by atoms with Crippen molar-refractivity contribution in [2.45, 2.75) is 57.4 Å². The van der Waals surface area contributed by atoms with Crippen molar-refractivity contribution in [2.24, 2.45) is 5.41 Å². The molecular formula is C19H25N5O. The number of amides is 1. The van der Waals surface area contributed by atoms with Crippen molar-refractivity contribution in [2.75, 3.05) is 24.5 Å². The van der Waals surface area contributed by atoms with Crippen LogP contribution < -0.4 is 4.90 Å². The Hall–Kier alpha value is -2.16. The summed E-state index contributed by atoms with van der Waals surface area (Å²) in [7, 11) is 0. The molecule has 1 saturated carbocycles. The van der Waals surface area contributed by atoms with Crippen LogP contribution in [0.1, 0.15) is 57.1 Å². The van der Waals surface area contributed by atoms with Gasteiger partial charge in [0, 0.05) is 38.1 Å². The number of piperidine rings is 1. The number of carbonyl (C=O) groups is 1. The largest absolute Gasteiger partial charge is 0.354 e. The van der Waals surface area contributed by atoms with E-state index in [1.165, 1.54) is 32.1 Å². The molecule has 3 fully saturated rings. The summed E-state index contributed by atoms with van der Waals surface area (Å²) in [6.07, 6.45) is 12.1. The van der Waals surface area contributed by atoms with E-state index in [9.17, 15) is 10.1 Å². The monoisotopic (exact) mass is 339 g/mol. The number of carbonyl (C=O) groups excluding carboxylic acids is 1. The van der Waals surface area contributed by atoms with Crippen LogP contribution in [0.15, 0.2) is 12.4 Å². The summed E-state index contributed by atoms with van der Waals surface area (Å²) in [6.45, 7) is 2.48. The van der Waals surface area contributed by atoms with E-state index in [2.05, 4.69) is 25.8 Å². The van der Waals surface area contributed by atoms with Gasteiger partial charge in [-0.05, 0) is 32.1 Å². The highest BCUT2D eigenvalue weighted by Crippen LogP contribution is 2.44. The maximum atomic E-state index is 13.2. The van der Waals surface area contributed by atoms with Gasteiger partial charge < -0.3 is 9.80 Å². The van der Waals surface area contributed by atoms with Crippen molar-refractivity contribution >= 4 is 11.7 Å². The topological polar surface area (TPSA) is 73.1 Å². The second kappa shape index (κ2) is 6.62. The summed E-state index contributed by atoms with van der Waals surface area (Å²) in [5.74, 6) is 1.05. The van der Waals surface area contributed by atoms with Crippen LogP contribution in [0.4, 0.5) is 5.82 Å². The molecule has 6 heteroatoms. The summed E-state index contributed by atoms with van der Waals surface area (Å²) in [5.41, 5.74) is 0.197. The van der Waals surface area contributed by atoms with Crippen molar-refractivity contribution in [3.05, 3.63) is 18.1 Å². The van der Waals surface area contributed by atoms with Crippen LogP contribution in [0.3, 0.4) is 0 Å². The second-order valence-electron chi connectivity index (χ2n) is 7.65. The van der Waals surface area contributed by atoms with E-state index in [1.54, 1.807) is 12.4 Å². The third kappa shape index (κ3) is 2.86. The molecule has 3 aliphatic rings. The van der Waals surface area contributed by atoms with Gasteiger partial charge in [0.1, 0.15) is 6.07 Å². The fourth-order valence-electron chi connectivity index (χ4n) is 4.84.